The Kier molecular flexibility index (Phi) is 2.87. The van der Waals surface area contributed by atoms with Gasteiger partial charge in [0, 0.05) is 6.04 Å². The molecule has 66 valence electrons. The van der Waals surface area contributed by atoms with Crippen molar-refractivity contribution >= 4 is 22.1 Å². The zero-order chi connectivity index (χ0) is 9.14. The Balaban J connectivity index is 2.84. The number of nitrogens with one attached hydrogen (secondary N) is 1. The highest BCUT2D eigenvalue weighted by atomic mass is 32.1. The maximum absolute atomic E-state index is 11.1. The average molecular weight is 183 g/mol. The number of hydrogen-bond donors (Lipinski definition) is 1. The van der Waals surface area contributed by atoms with Gasteiger partial charge in [-0.3, -0.25) is 4.79 Å². The van der Waals surface area contributed by atoms with Crippen LogP contribution in [-0.4, -0.2) is 11.8 Å². The highest BCUT2D eigenvalue weighted by molar-refractivity contribution is 7.14. The van der Waals surface area contributed by atoms with E-state index in [4.69, 9.17) is 0 Å². The van der Waals surface area contributed by atoms with Gasteiger partial charge in [0.1, 0.15) is 0 Å². The summed E-state index contributed by atoms with van der Waals surface area (Å²) in [6, 6.07) is 2.24. The van der Waals surface area contributed by atoms with Crippen molar-refractivity contribution in [1.29, 1.82) is 0 Å². The van der Waals surface area contributed by atoms with Crippen molar-refractivity contribution in [2.24, 2.45) is 0 Å². The van der Waals surface area contributed by atoms with Gasteiger partial charge >= 0.3 is 0 Å². The number of hydrogen-bond acceptors (Lipinski definition) is 3. The van der Waals surface area contributed by atoms with Crippen LogP contribution < -0.4 is 5.32 Å². The van der Waals surface area contributed by atoms with Crippen LogP contribution in [-0.2, 0) is 0 Å². The number of rotatable bonds is 3. The molecule has 0 radical (unpaired) electrons. The molecule has 0 bridgehead atoms. The molecule has 0 aliphatic carbocycles. The van der Waals surface area contributed by atoms with E-state index in [1.54, 1.807) is 18.3 Å². The SMILES string of the molecule is CC(=O)c1ccsc1NC(C)C. The number of carbonyl (C=O) groups excluding carboxylic acids is 1. The number of Topliss-reactive ketones (excluding diaryl/α,β-unsaturated/α-hetero) is 1. The summed E-state index contributed by atoms with van der Waals surface area (Å²) < 4.78 is 0. The molecule has 1 aromatic rings. The number of anilines is 1. The molecule has 0 atom stereocenters. The largest absolute Gasteiger partial charge is 0.374 e. The normalized spacial score (nSPS) is 10.3. The van der Waals surface area contributed by atoms with E-state index in [2.05, 4.69) is 19.2 Å². The fourth-order valence-electron chi connectivity index (χ4n) is 0.960. The molecule has 2 nitrogen and oxygen atoms in total. The van der Waals surface area contributed by atoms with E-state index in [1.807, 2.05) is 11.4 Å². The third-order valence-electron chi connectivity index (χ3n) is 1.46. The van der Waals surface area contributed by atoms with Crippen molar-refractivity contribution in [2.75, 3.05) is 5.32 Å². The molecule has 0 spiro atoms. The van der Waals surface area contributed by atoms with Crippen molar-refractivity contribution in [3.63, 3.8) is 0 Å². The molecular weight excluding hydrogens is 170 g/mol. The van der Waals surface area contributed by atoms with E-state index < -0.39 is 0 Å². The fourth-order valence-corrected chi connectivity index (χ4v) is 1.94. The summed E-state index contributed by atoms with van der Waals surface area (Å²) in [7, 11) is 0. The maximum Gasteiger partial charge on any atom is 0.162 e. The van der Waals surface area contributed by atoms with Crippen LogP contribution in [0.2, 0.25) is 0 Å². The molecule has 1 aromatic heterocycles. The van der Waals surface area contributed by atoms with E-state index in [1.165, 1.54) is 0 Å². The van der Waals surface area contributed by atoms with Gasteiger partial charge < -0.3 is 5.32 Å². The molecule has 0 saturated carbocycles. The minimum Gasteiger partial charge on any atom is -0.374 e. The van der Waals surface area contributed by atoms with Crippen LogP contribution in [0.1, 0.15) is 31.1 Å². The van der Waals surface area contributed by atoms with E-state index in [0.29, 0.717) is 6.04 Å². The molecule has 1 N–H and O–H groups in total. The van der Waals surface area contributed by atoms with Crippen LogP contribution in [0.4, 0.5) is 5.00 Å². The van der Waals surface area contributed by atoms with Crippen LogP contribution in [0.15, 0.2) is 11.4 Å². The van der Waals surface area contributed by atoms with Crippen LogP contribution in [0.25, 0.3) is 0 Å². The van der Waals surface area contributed by atoms with Crippen molar-refractivity contribution < 1.29 is 4.79 Å². The Labute approximate surface area is 76.6 Å². The summed E-state index contributed by atoms with van der Waals surface area (Å²) in [5.74, 6) is 0.124. The molecule has 0 amide bonds. The van der Waals surface area contributed by atoms with Crippen molar-refractivity contribution in [1.82, 2.24) is 0 Å². The van der Waals surface area contributed by atoms with Gasteiger partial charge in [-0.05, 0) is 32.2 Å². The van der Waals surface area contributed by atoms with Gasteiger partial charge in [-0.1, -0.05) is 0 Å². The Morgan fingerprint density at radius 3 is 2.75 bits per heavy atom. The van der Waals surface area contributed by atoms with E-state index in [0.717, 1.165) is 10.6 Å². The minimum absolute atomic E-state index is 0.124. The summed E-state index contributed by atoms with van der Waals surface area (Å²) >= 11 is 1.57. The van der Waals surface area contributed by atoms with Crippen LogP contribution in [0, 0.1) is 0 Å². The lowest BCUT2D eigenvalue weighted by Gasteiger charge is -2.08. The summed E-state index contributed by atoms with van der Waals surface area (Å²) in [6.45, 7) is 5.71. The summed E-state index contributed by atoms with van der Waals surface area (Å²) in [5.41, 5.74) is 0.800. The van der Waals surface area contributed by atoms with Gasteiger partial charge in [0.15, 0.2) is 5.78 Å². The van der Waals surface area contributed by atoms with Gasteiger partial charge in [-0.2, -0.15) is 0 Å². The van der Waals surface area contributed by atoms with Gasteiger partial charge in [0.05, 0.1) is 10.6 Å². The van der Waals surface area contributed by atoms with E-state index in [-0.39, 0.29) is 5.78 Å². The first kappa shape index (κ1) is 9.26. The lowest BCUT2D eigenvalue weighted by Crippen LogP contribution is -2.10. The molecule has 0 unspecified atom stereocenters. The lowest BCUT2D eigenvalue weighted by molar-refractivity contribution is 0.101. The Morgan fingerprint density at radius 1 is 1.58 bits per heavy atom. The molecule has 0 aromatic carbocycles. The van der Waals surface area contributed by atoms with Crippen molar-refractivity contribution in [3.8, 4) is 0 Å². The first-order chi connectivity index (χ1) is 5.61. The van der Waals surface area contributed by atoms with Gasteiger partial charge in [-0.25, -0.2) is 0 Å². The summed E-state index contributed by atoms with van der Waals surface area (Å²) in [6.07, 6.45) is 0. The quantitative estimate of drug-likeness (QED) is 0.730. The van der Waals surface area contributed by atoms with Crippen LogP contribution in [0.3, 0.4) is 0 Å². The van der Waals surface area contributed by atoms with Gasteiger partial charge in [0.25, 0.3) is 0 Å². The molecule has 0 saturated heterocycles. The Morgan fingerprint density at radius 2 is 2.25 bits per heavy atom. The molecule has 0 aliphatic rings. The smallest absolute Gasteiger partial charge is 0.162 e. The first-order valence-corrected chi connectivity index (χ1v) is 4.84. The standard InChI is InChI=1S/C9H13NOS/c1-6(2)10-9-8(7(3)11)4-5-12-9/h4-6,10H,1-3H3. The average Bonchev–Trinajstić information content (AvgIpc) is 2.33. The maximum atomic E-state index is 11.1. The predicted molar refractivity (Wildman–Crippen MR) is 53.1 cm³/mol. The second kappa shape index (κ2) is 3.72. The Bertz CT molecular complexity index is 278. The van der Waals surface area contributed by atoms with Crippen molar-refractivity contribution in [2.45, 2.75) is 26.8 Å². The lowest BCUT2D eigenvalue weighted by atomic mass is 10.2. The summed E-state index contributed by atoms with van der Waals surface area (Å²) in [4.78, 5) is 11.1. The molecule has 1 rings (SSSR count). The number of ketones is 1. The molecule has 3 heteroatoms. The highest BCUT2D eigenvalue weighted by Crippen LogP contribution is 2.23. The molecule has 0 fully saturated rings. The van der Waals surface area contributed by atoms with E-state index in [9.17, 15) is 4.79 Å². The number of thiophene rings is 1. The first-order valence-electron chi connectivity index (χ1n) is 3.96. The predicted octanol–water partition coefficient (Wildman–Crippen LogP) is 2.77. The fraction of sp³-hybridized carbons (Fsp3) is 0.444. The topological polar surface area (TPSA) is 29.1 Å². The third kappa shape index (κ3) is 2.08. The van der Waals surface area contributed by atoms with Crippen LogP contribution >= 0.6 is 11.3 Å². The second-order valence-corrected chi connectivity index (χ2v) is 3.93. The minimum atomic E-state index is 0.124. The zero-order valence-electron chi connectivity index (χ0n) is 7.55. The van der Waals surface area contributed by atoms with Gasteiger partial charge in [-0.15, -0.1) is 11.3 Å². The Hall–Kier alpha value is -0.830. The molecular formula is C9H13NOS. The monoisotopic (exact) mass is 183 g/mol. The molecule has 0 aliphatic heterocycles. The summed E-state index contributed by atoms with van der Waals surface area (Å²) in [5, 5.41) is 6.15. The highest BCUT2D eigenvalue weighted by Gasteiger charge is 2.08. The van der Waals surface area contributed by atoms with Crippen LogP contribution in [0.5, 0.6) is 0 Å². The molecule has 1 heterocycles. The zero-order valence-corrected chi connectivity index (χ0v) is 8.37. The van der Waals surface area contributed by atoms with Crippen molar-refractivity contribution in [3.05, 3.63) is 17.0 Å². The second-order valence-electron chi connectivity index (χ2n) is 3.02. The number of carbonyl (C=O) groups is 1. The third-order valence-corrected chi connectivity index (χ3v) is 2.31. The van der Waals surface area contributed by atoms with Gasteiger partial charge in [0.2, 0.25) is 0 Å². The van der Waals surface area contributed by atoms with E-state index >= 15 is 0 Å². The molecule has 12 heavy (non-hydrogen) atoms.